The standard InChI is InChI=1S/C15H25N3/c1-18(11-7-13-5-9-17-10-6-13)12-8-14-3-2-4-15(14)16/h5-6,9-10,14-15H,2-4,7-8,11-12,16H2,1H3. The van der Waals surface area contributed by atoms with E-state index in [9.17, 15) is 0 Å². The van der Waals surface area contributed by atoms with Gasteiger partial charge in [-0.1, -0.05) is 6.42 Å². The first kappa shape index (κ1) is 13.5. The fourth-order valence-electron chi connectivity index (χ4n) is 2.79. The van der Waals surface area contributed by atoms with Crippen LogP contribution in [0.1, 0.15) is 31.2 Å². The van der Waals surface area contributed by atoms with Crippen LogP contribution in [0, 0.1) is 5.92 Å². The van der Waals surface area contributed by atoms with Crippen LogP contribution in [0.5, 0.6) is 0 Å². The Kier molecular flexibility index (Phi) is 5.14. The van der Waals surface area contributed by atoms with Gasteiger partial charge in [-0.05, 0) is 62.9 Å². The lowest BCUT2D eigenvalue weighted by Crippen LogP contribution is -2.29. The summed E-state index contributed by atoms with van der Waals surface area (Å²) in [5.41, 5.74) is 7.47. The second-order valence-corrected chi connectivity index (χ2v) is 5.55. The molecule has 1 aliphatic carbocycles. The Bertz CT molecular complexity index is 339. The summed E-state index contributed by atoms with van der Waals surface area (Å²) in [4.78, 5) is 6.46. The SMILES string of the molecule is CN(CCc1ccncc1)CCC1CCCC1N. The zero-order chi connectivity index (χ0) is 12.8. The minimum Gasteiger partial charge on any atom is -0.327 e. The predicted molar refractivity (Wildman–Crippen MR) is 75.4 cm³/mol. The van der Waals surface area contributed by atoms with Crippen LogP contribution in [-0.2, 0) is 6.42 Å². The Hall–Kier alpha value is -0.930. The summed E-state index contributed by atoms with van der Waals surface area (Å²) in [5, 5.41) is 0. The molecule has 2 N–H and O–H groups in total. The highest BCUT2D eigenvalue weighted by molar-refractivity contribution is 5.09. The molecular formula is C15H25N3. The van der Waals surface area contributed by atoms with Crippen molar-refractivity contribution in [2.75, 3.05) is 20.1 Å². The predicted octanol–water partition coefficient (Wildman–Crippen LogP) is 2.07. The van der Waals surface area contributed by atoms with Crippen LogP contribution in [0.2, 0.25) is 0 Å². The van der Waals surface area contributed by atoms with Gasteiger partial charge in [0.05, 0.1) is 0 Å². The Balaban J connectivity index is 1.64. The van der Waals surface area contributed by atoms with Crippen molar-refractivity contribution in [2.45, 2.75) is 38.1 Å². The van der Waals surface area contributed by atoms with Crippen LogP contribution in [0.15, 0.2) is 24.5 Å². The Labute approximate surface area is 110 Å². The van der Waals surface area contributed by atoms with E-state index in [4.69, 9.17) is 5.73 Å². The summed E-state index contributed by atoms with van der Waals surface area (Å²) in [6.45, 7) is 2.29. The molecule has 1 fully saturated rings. The van der Waals surface area contributed by atoms with Crippen LogP contribution in [0.3, 0.4) is 0 Å². The maximum Gasteiger partial charge on any atom is 0.0270 e. The number of likely N-dealkylation sites (N-methyl/N-ethyl adjacent to an activating group) is 1. The highest BCUT2D eigenvalue weighted by Crippen LogP contribution is 2.26. The van der Waals surface area contributed by atoms with Crippen LogP contribution in [0.25, 0.3) is 0 Å². The highest BCUT2D eigenvalue weighted by atomic mass is 15.1. The molecule has 1 aromatic rings. The fourth-order valence-corrected chi connectivity index (χ4v) is 2.79. The third-order valence-corrected chi connectivity index (χ3v) is 4.13. The van der Waals surface area contributed by atoms with E-state index >= 15 is 0 Å². The van der Waals surface area contributed by atoms with Gasteiger partial charge in [0.2, 0.25) is 0 Å². The quantitative estimate of drug-likeness (QED) is 0.837. The zero-order valence-electron chi connectivity index (χ0n) is 11.4. The monoisotopic (exact) mass is 247 g/mol. The van der Waals surface area contributed by atoms with E-state index in [2.05, 4.69) is 29.1 Å². The summed E-state index contributed by atoms with van der Waals surface area (Å²) in [7, 11) is 2.21. The molecule has 3 heteroatoms. The van der Waals surface area contributed by atoms with Crippen LogP contribution in [0.4, 0.5) is 0 Å². The first-order valence-corrected chi connectivity index (χ1v) is 7.09. The number of hydrogen-bond acceptors (Lipinski definition) is 3. The second kappa shape index (κ2) is 6.86. The molecule has 3 nitrogen and oxygen atoms in total. The highest BCUT2D eigenvalue weighted by Gasteiger charge is 2.23. The van der Waals surface area contributed by atoms with Gasteiger partial charge in [0.25, 0.3) is 0 Å². The maximum absolute atomic E-state index is 6.10. The second-order valence-electron chi connectivity index (χ2n) is 5.55. The van der Waals surface area contributed by atoms with Gasteiger partial charge in [-0.2, -0.15) is 0 Å². The number of nitrogens with two attached hydrogens (primary N) is 1. The fraction of sp³-hybridized carbons (Fsp3) is 0.667. The molecule has 18 heavy (non-hydrogen) atoms. The first-order valence-electron chi connectivity index (χ1n) is 7.09. The number of nitrogens with zero attached hydrogens (tertiary/aromatic N) is 2. The van der Waals surface area contributed by atoms with E-state index in [1.807, 2.05) is 12.4 Å². The topological polar surface area (TPSA) is 42.2 Å². The lowest BCUT2D eigenvalue weighted by Gasteiger charge is -2.21. The smallest absolute Gasteiger partial charge is 0.0270 e. The van der Waals surface area contributed by atoms with Crippen LogP contribution < -0.4 is 5.73 Å². The van der Waals surface area contributed by atoms with E-state index in [-0.39, 0.29) is 0 Å². The zero-order valence-corrected chi connectivity index (χ0v) is 11.4. The minimum absolute atomic E-state index is 0.457. The van der Waals surface area contributed by atoms with Crippen molar-refractivity contribution in [3.63, 3.8) is 0 Å². The van der Waals surface area contributed by atoms with E-state index in [0.717, 1.165) is 18.9 Å². The Morgan fingerprint density at radius 2 is 2.06 bits per heavy atom. The summed E-state index contributed by atoms with van der Waals surface area (Å²) >= 11 is 0. The average molecular weight is 247 g/mol. The number of pyridine rings is 1. The van der Waals surface area contributed by atoms with Crippen molar-refractivity contribution < 1.29 is 0 Å². The molecule has 2 atom stereocenters. The third-order valence-electron chi connectivity index (χ3n) is 4.13. The van der Waals surface area contributed by atoms with Gasteiger partial charge in [-0.25, -0.2) is 0 Å². The van der Waals surface area contributed by atoms with Gasteiger partial charge in [-0.3, -0.25) is 4.98 Å². The lowest BCUT2D eigenvalue weighted by molar-refractivity contribution is 0.295. The van der Waals surface area contributed by atoms with Gasteiger partial charge in [0.15, 0.2) is 0 Å². The van der Waals surface area contributed by atoms with E-state index in [0.29, 0.717) is 6.04 Å². The first-order chi connectivity index (χ1) is 8.75. The number of rotatable bonds is 6. The van der Waals surface area contributed by atoms with E-state index in [1.54, 1.807) is 0 Å². The van der Waals surface area contributed by atoms with E-state index < -0.39 is 0 Å². The third kappa shape index (κ3) is 4.07. The van der Waals surface area contributed by atoms with Crippen molar-refractivity contribution in [3.8, 4) is 0 Å². The number of aromatic nitrogens is 1. The minimum atomic E-state index is 0.457. The molecular weight excluding hydrogens is 222 g/mol. The van der Waals surface area contributed by atoms with E-state index in [1.165, 1.54) is 37.8 Å². The van der Waals surface area contributed by atoms with Gasteiger partial charge in [0.1, 0.15) is 0 Å². The Morgan fingerprint density at radius 1 is 1.28 bits per heavy atom. The van der Waals surface area contributed by atoms with Gasteiger partial charge in [-0.15, -0.1) is 0 Å². The molecule has 0 aliphatic heterocycles. The molecule has 1 aliphatic rings. The number of hydrogen-bond donors (Lipinski definition) is 1. The Morgan fingerprint density at radius 3 is 2.72 bits per heavy atom. The molecule has 0 amide bonds. The molecule has 100 valence electrons. The molecule has 1 aromatic heterocycles. The van der Waals surface area contributed by atoms with Gasteiger partial charge in [0, 0.05) is 25.0 Å². The van der Waals surface area contributed by atoms with Crippen molar-refractivity contribution in [3.05, 3.63) is 30.1 Å². The van der Waals surface area contributed by atoms with Crippen LogP contribution in [-0.4, -0.2) is 36.1 Å². The summed E-state index contributed by atoms with van der Waals surface area (Å²) in [6, 6.07) is 4.65. The average Bonchev–Trinajstić information content (AvgIpc) is 2.81. The largest absolute Gasteiger partial charge is 0.327 e. The molecule has 0 bridgehead atoms. The van der Waals surface area contributed by atoms with Crippen LogP contribution >= 0.6 is 0 Å². The summed E-state index contributed by atoms with van der Waals surface area (Å²) < 4.78 is 0. The van der Waals surface area contributed by atoms with Crippen molar-refractivity contribution in [1.29, 1.82) is 0 Å². The van der Waals surface area contributed by atoms with Crippen molar-refractivity contribution >= 4 is 0 Å². The molecule has 2 rings (SSSR count). The van der Waals surface area contributed by atoms with Gasteiger partial charge >= 0.3 is 0 Å². The molecule has 1 heterocycles. The molecule has 1 saturated carbocycles. The normalized spacial score (nSPS) is 23.7. The molecule has 2 unspecified atom stereocenters. The molecule has 0 spiro atoms. The lowest BCUT2D eigenvalue weighted by atomic mass is 10.00. The maximum atomic E-state index is 6.10. The summed E-state index contributed by atoms with van der Waals surface area (Å²) in [6.07, 6.45) is 9.99. The van der Waals surface area contributed by atoms with Crippen molar-refractivity contribution in [1.82, 2.24) is 9.88 Å². The molecule has 0 saturated heterocycles. The molecule has 0 aromatic carbocycles. The van der Waals surface area contributed by atoms with Crippen molar-refractivity contribution in [2.24, 2.45) is 11.7 Å². The molecule has 0 radical (unpaired) electrons. The summed E-state index contributed by atoms with van der Waals surface area (Å²) in [5.74, 6) is 0.758. The van der Waals surface area contributed by atoms with Gasteiger partial charge < -0.3 is 10.6 Å².